The van der Waals surface area contributed by atoms with Crippen molar-refractivity contribution in [2.75, 3.05) is 6.54 Å². The maximum atomic E-state index is 11.5. The van der Waals surface area contributed by atoms with Crippen LogP contribution in [0.4, 0.5) is 0 Å². The predicted octanol–water partition coefficient (Wildman–Crippen LogP) is 1.97. The third-order valence-electron chi connectivity index (χ3n) is 1.82. The van der Waals surface area contributed by atoms with Crippen molar-refractivity contribution in [3.8, 4) is 0 Å². The topological polar surface area (TPSA) is 29.1 Å². The molecule has 0 aliphatic rings. The Morgan fingerprint density at radius 3 is 2.64 bits per heavy atom. The van der Waals surface area contributed by atoms with Crippen molar-refractivity contribution in [2.45, 2.75) is 16.6 Å². The maximum absolute atomic E-state index is 11.5. The van der Waals surface area contributed by atoms with Crippen LogP contribution >= 0.6 is 0 Å². The SMILES string of the molecule is C[As](C)CCNC(=O)c1cc[c]cc1. The average Bonchev–Trinajstić information content (AvgIpc) is 2.18. The zero-order valence-corrected chi connectivity index (χ0v) is 10.5. The molecule has 1 amide bonds. The minimum atomic E-state index is -0.603. The summed E-state index contributed by atoms with van der Waals surface area (Å²) in [7, 11) is 0. The fourth-order valence-electron chi connectivity index (χ4n) is 1.03. The van der Waals surface area contributed by atoms with Crippen LogP contribution in [0.5, 0.6) is 0 Å². The molecule has 0 unspecified atom stereocenters. The van der Waals surface area contributed by atoms with E-state index in [1.165, 1.54) is 0 Å². The zero-order valence-electron chi connectivity index (χ0n) is 8.58. The van der Waals surface area contributed by atoms with Gasteiger partial charge >= 0.3 is 89.7 Å². The molecule has 75 valence electrons. The summed E-state index contributed by atoms with van der Waals surface area (Å²) in [6, 6.07) is 9.96. The number of benzene rings is 1. The van der Waals surface area contributed by atoms with Gasteiger partial charge in [-0.3, -0.25) is 0 Å². The molecule has 0 aliphatic heterocycles. The first-order valence-electron chi connectivity index (χ1n) is 4.59. The van der Waals surface area contributed by atoms with E-state index in [9.17, 15) is 4.79 Å². The number of hydrogen-bond donors (Lipinski definition) is 1. The van der Waals surface area contributed by atoms with E-state index >= 15 is 0 Å². The third kappa shape index (κ3) is 3.97. The molecule has 1 aromatic rings. The Labute approximate surface area is 90.0 Å². The molecule has 0 spiro atoms. The second-order valence-corrected chi connectivity index (χ2v) is 8.82. The zero-order chi connectivity index (χ0) is 10.4. The van der Waals surface area contributed by atoms with Gasteiger partial charge in [0.1, 0.15) is 0 Å². The van der Waals surface area contributed by atoms with E-state index in [0.29, 0.717) is 0 Å². The van der Waals surface area contributed by atoms with E-state index < -0.39 is 14.7 Å². The first kappa shape index (κ1) is 11.3. The number of rotatable bonds is 4. The van der Waals surface area contributed by atoms with E-state index in [1.807, 2.05) is 0 Å². The molecule has 0 fully saturated rings. The van der Waals surface area contributed by atoms with Crippen LogP contribution in [-0.2, 0) is 0 Å². The van der Waals surface area contributed by atoms with Crippen molar-refractivity contribution >= 4 is 20.6 Å². The summed E-state index contributed by atoms with van der Waals surface area (Å²) in [5.41, 5.74) is 5.29. The molecule has 1 N–H and O–H groups in total. The summed E-state index contributed by atoms with van der Waals surface area (Å²) in [6.07, 6.45) is 0. The van der Waals surface area contributed by atoms with E-state index in [1.54, 1.807) is 24.3 Å². The molecule has 0 saturated heterocycles. The van der Waals surface area contributed by atoms with Gasteiger partial charge in [0.25, 0.3) is 0 Å². The molecule has 0 saturated carbocycles. The normalized spacial score (nSPS) is 10.2. The van der Waals surface area contributed by atoms with Gasteiger partial charge in [0.2, 0.25) is 0 Å². The predicted molar refractivity (Wildman–Crippen MR) is 59.9 cm³/mol. The van der Waals surface area contributed by atoms with Crippen LogP contribution in [0.15, 0.2) is 24.3 Å². The van der Waals surface area contributed by atoms with Gasteiger partial charge in [0.05, 0.1) is 0 Å². The Hall–Kier alpha value is -0.752. The fraction of sp³-hybridized carbons (Fsp3) is 0.364. The van der Waals surface area contributed by atoms with Crippen molar-refractivity contribution < 1.29 is 4.79 Å². The van der Waals surface area contributed by atoms with E-state index in [-0.39, 0.29) is 5.91 Å². The molecule has 14 heavy (non-hydrogen) atoms. The van der Waals surface area contributed by atoms with Crippen LogP contribution in [-0.4, -0.2) is 27.1 Å². The Kier molecular flexibility index (Phi) is 4.75. The van der Waals surface area contributed by atoms with Gasteiger partial charge < -0.3 is 0 Å². The van der Waals surface area contributed by atoms with Gasteiger partial charge in [-0.15, -0.1) is 0 Å². The first-order chi connectivity index (χ1) is 6.70. The van der Waals surface area contributed by atoms with Gasteiger partial charge in [0, 0.05) is 0 Å². The van der Waals surface area contributed by atoms with Crippen LogP contribution in [0.2, 0.25) is 16.6 Å². The molecule has 1 aromatic carbocycles. The molecule has 1 radical (unpaired) electrons. The Balaban J connectivity index is 2.36. The quantitative estimate of drug-likeness (QED) is 0.815. The van der Waals surface area contributed by atoms with Crippen molar-refractivity contribution in [3.05, 3.63) is 35.9 Å². The Morgan fingerprint density at radius 2 is 2.07 bits per heavy atom. The second kappa shape index (κ2) is 5.87. The van der Waals surface area contributed by atoms with Crippen LogP contribution in [0.1, 0.15) is 10.4 Å². The summed E-state index contributed by atoms with van der Waals surface area (Å²) >= 11 is -0.603. The van der Waals surface area contributed by atoms with Gasteiger partial charge in [-0.05, 0) is 0 Å². The minimum absolute atomic E-state index is 0.0230. The molecule has 0 heterocycles. The Morgan fingerprint density at radius 1 is 1.43 bits per heavy atom. The van der Waals surface area contributed by atoms with Gasteiger partial charge in [0.15, 0.2) is 0 Å². The van der Waals surface area contributed by atoms with Crippen molar-refractivity contribution in [2.24, 2.45) is 0 Å². The summed E-state index contributed by atoms with van der Waals surface area (Å²) in [4.78, 5) is 11.5. The van der Waals surface area contributed by atoms with E-state index in [2.05, 4.69) is 22.8 Å². The molecular weight excluding hydrogens is 237 g/mol. The molecular formula is C11H15AsNO. The fourth-order valence-corrected chi connectivity index (χ4v) is 2.21. The van der Waals surface area contributed by atoms with E-state index in [4.69, 9.17) is 0 Å². The van der Waals surface area contributed by atoms with Gasteiger partial charge in [-0.2, -0.15) is 0 Å². The van der Waals surface area contributed by atoms with Crippen LogP contribution < -0.4 is 5.32 Å². The molecule has 0 aromatic heterocycles. The van der Waals surface area contributed by atoms with Crippen molar-refractivity contribution in [1.29, 1.82) is 0 Å². The standard InChI is InChI=1S/C11H15AsNO/c1-12(2)8-9-13-11(14)10-6-4-3-5-7-10/h4-7H,8-9H2,1-2H3,(H,13,14). The summed E-state index contributed by atoms with van der Waals surface area (Å²) in [5.74, 6) is 0.0230. The van der Waals surface area contributed by atoms with Gasteiger partial charge in [-0.1, -0.05) is 0 Å². The van der Waals surface area contributed by atoms with Crippen LogP contribution in [0, 0.1) is 6.07 Å². The van der Waals surface area contributed by atoms with E-state index in [0.717, 1.165) is 17.3 Å². The molecule has 3 heteroatoms. The number of nitrogens with one attached hydrogen (secondary N) is 1. The number of hydrogen-bond acceptors (Lipinski definition) is 1. The second-order valence-electron chi connectivity index (χ2n) is 3.35. The summed E-state index contributed by atoms with van der Waals surface area (Å²) in [6.45, 7) is 0.810. The number of amides is 1. The third-order valence-corrected chi connectivity index (χ3v) is 4.17. The van der Waals surface area contributed by atoms with Crippen LogP contribution in [0.25, 0.3) is 0 Å². The van der Waals surface area contributed by atoms with Crippen molar-refractivity contribution in [3.63, 3.8) is 0 Å². The number of carbonyl (C=O) groups is 1. The molecule has 1 rings (SSSR count). The van der Waals surface area contributed by atoms with Crippen LogP contribution in [0.3, 0.4) is 0 Å². The number of carbonyl (C=O) groups excluding carboxylic acids is 1. The monoisotopic (exact) mass is 252 g/mol. The van der Waals surface area contributed by atoms with Gasteiger partial charge in [-0.25, -0.2) is 0 Å². The summed E-state index contributed by atoms with van der Waals surface area (Å²) in [5, 5.41) is 4.08. The average molecular weight is 252 g/mol. The van der Waals surface area contributed by atoms with Crippen molar-refractivity contribution in [1.82, 2.24) is 5.32 Å². The first-order valence-corrected chi connectivity index (χ1v) is 9.67. The molecule has 0 bridgehead atoms. The summed E-state index contributed by atoms with van der Waals surface area (Å²) < 4.78 is 0. The molecule has 0 atom stereocenters. The Bertz CT molecular complexity index is 285. The molecule has 0 aliphatic carbocycles. The molecule has 2 nitrogen and oxygen atoms in total.